The minimum absolute atomic E-state index is 0.0469. The SMILES string of the molecule is CCCCn1nc(CC(N)=O)nc1C1CN(C)c2ccccc2O1. The second-order valence-electron chi connectivity index (χ2n) is 6.06. The number of aryl methyl sites for hydroxylation is 1. The number of anilines is 1. The molecule has 1 unspecified atom stereocenters. The van der Waals surface area contributed by atoms with E-state index in [1.807, 2.05) is 36.0 Å². The van der Waals surface area contributed by atoms with Gasteiger partial charge in [-0.2, -0.15) is 5.10 Å². The summed E-state index contributed by atoms with van der Waals surface area (Å²) in [5.74, 6) is 1.61. The number of hydrogen-bond acceptors (Lipinski definition) is 5. The normalized spacial score (nSPS) is 16.6. The fourth-order valence-electron chi connectivity index (χ4n) is 2.89. The van der Waals surface area contributed by atoms with Crippen LogP contribution in [0.5, 0.6) is 5.75 Å². The van der Waals surface area contributed by atoms with Crippen molar-refractivity contribution in [1.29, 1.82) is 0 Å². The molecule has 0 saturated heterocycles. The molecule has 0 spiro atoms. The number of para-hydroxylation sites is 2. The number of unbranched alkanes of at least 4 members (excludes halogenated alkanes) is 1. The Labute approximate surface area is 141 Å². The van der Waals surface area contributed by atoms with E-state index in [1.54, 1.807) is 0 Å². The molecule has 2 N–H and O–H groups in total. The Kier molecular flexibility index (Phi) is 4.69. The van der Waals surface area contributed by atoms with Gasteiger partial charge in [0, 0.05) is 13.6 Å². The minimum atomic E-state index is -0.429. The maximum absolute atomic E-state index is 11.2. The molecule has 0 aliphatic carbocycles. The van der Waals surface area contributed by atoms with Crippen molar-refractivity contribution in [3.05, 3.63) is 35.9 Å². The van der Waals surface area contributed by atoms with Gasteiger partial charge in [0.05, 0.1) is 18.7 Å². The Morgan fingerprint density at radius 3 is 2.96 bits per heavy atom. The van der Waals surface area contributed by atoms with E-state index < -0.39 is 5.91 Å². The molecule has 0 radical (unpaired) electrons. The van der Waals surface area contributed by atoms with Gasteiger partial charge in [0.1, 0.15) is 5.75 Å². The predicted molar refractivity (Wildman–Crippen MR) is 90.9 cm³/mol. The fraction of sp³-hybridized carbons (Fsp3) is 0.471. The van der Waals surface area contributed by atoms with Crippen LogP contribution < -0.4 is 15.4 Å². The van der Waals surface area contributed by atoms with Gasteiger partial charge >= 0.3 is 0 Å². The van der Waals surface area contributed by atoms with E-state index in [-0.39, 0.29) is 12.5 Å². The van der Waals surface area contributed by atoms with Crippen LogP contribution in [0.25, 0.3) is 0 Å². The molecular formula is C17H23N5O2. The summed E-state index contributed by atoms with van der Waals surface area (Å²) in [7, 11) is 2.03. The summed E-state index contributed by atoms with van der Waals surface area (Å²) in [6.07, 6.45) is 1.87. The molecule has 1 atom stereocenters. The molecule has 128 valence electrons. The molecule has 0 bridgehead atoms. The number of amides is 1. The van der Waals surface area contributed by atoms with Crippen LogP contribution in [0.2, 0.25) is 0 Å². The first-order valence-corrected chi connectivity index (χ1v) is 8.27. The highest BCUT2D eigenvalue weighted by Crippen LogP contribution is 2.36. The molecule has 2 aromatic rings. The number of fused-ring (bicyclic) bond motifs is 1. The van der Waals surface area contributed by atoms with Crippen molar-refractivity contribution in [3.8, 4) is 5.75 Å². The molecule has 3 rings (SSSR count). The molecule has 1 aromatic heterocycles. The van der Waals surface area contributed by atoms with Crippen LogP contribution >= 0.6 is 0 Å². The third kappa shape index (κ3) is 3.34. The van der Waals surface area contributed by atoms with Crippen molar-refractivity contribution in [2.24, 2.45) is 5.73 Å². The summed E-state index contributed by atoms with van der Waals surface area (Å²) in [4.78, 5) is 17.9. The fourth-order valence-corrected chi connectivity index (χ4v) is 2.89. The second kappa shape index (κ2) is 6.90. The number of carbonyl (C=O) groups excluding carboxylic acids is 1. The molecule has 1 aromatic carbocycles. The van der Waals surface area contributed by atoms with Crippen LogP contribution in [0.15, 0.2) is 24.3 Å². The average Bonchev–Trinajstić information content (AvgIpc) is 2.95. The van der Waals surface area contributed by atoms with Crippen molar-refractivity contribution in [1.82, 2.24) is 14.8 Å². The van der Waals surface area contributed by atoms with E-state index in [0.717, 1.165) is 36.6 Å². The zero-order valence-electron chi connectivity index (χ0n) is 14.1. The van der Waals surface area contributed by atoms with Crippen LogP contribution in [-0.2, 0) is 17.8 Å². The van der Waals surface area contributed by atoms with Gasteiger partial charge in [-0.05, 0) is 18.6 Å². The first-order valence-electron chi connectivity index (χ1n) is 8.27. The number of hydrogen-bond donors (Lipinski definition) is 1. The Balaban J connectivity index is 1.90. The van der Waals surface area contributed by atoms with E-state index in [4.69, 9.17) is 10.5 Å². The topological polar surface area (TPSA) is 86.3 Å². The number of benzene rings is 1. The smallest absolute Gasteiger partial charge is 0.225 e. The molecule has 7 nitrogen and oxygen atoms in total. The lowest BCUT2D eigenvalue weighted by Gasteiger charge is -2.33. The molecule has 2 heterocycles. The van der Waals surface area contributed by atoms with E-state index in [2.05, 4.69) is 21.9 Å². The molecular weight excluding hydrogens is 306 g/mol. The van der Waals surface area contributed by atoms with Crippen LogP contribution in [0.3, 0.4) is 0 Å². The first-order chi connectivity index (χ1) is 11.6. The molecule has 1 amide bonds. The van der Waals surface area contributed by atoms with Crippen LogP contribution in [0.4, 0.5) is 5.69 Å². The maximum Gasteiger partial charge on any atom is 0.225 e. The van der Waals surface area contributed by atoms with E-state index in [0.29, 0.717) is 12.4 Å². The van der Waals surface area contributed by atoms with E-state index in [9.17, 15) is 4.79 Å². The van der Waals surface area contributed by atoms with E-state index in [1.165, 1.54) is 0 Å². The Bertz CT molecular complexity index is 728. The molecule has 0 saturated carbocycles. The van der Waals surface area contributed by atoms with Crippen LogP contribution in [-0.4, -0.2) is 34.3 Å². The first kappa shape index (κ1) is 16.3. The van der Waals surface area contributed by atoms with Gasteiger partial charge in [-0.15, -0.1) is 0 Å². The van der Waals surface area contributed by atoms with Crippen molar-refractivity contribution in [3.63, 3.8) is 0 Å². The van der Waals surface area contributed by atoms with Crippen LogP contribution in [0, 0.1) is 0 Å². The standard InChI is InChI=1S/C17H23N5O2/c1-3-4-9-22-17(19-16(20-22)10-15(18)23)14-11-21(2)12-7-5-6-8-13(12)24-14/h5-8,14H,3-4,9-11H2,1-2H3,(H2,18,23). The number of carbonyl (C=O) groups is 1. The Morgan fingerprint density at radius 2 is 2.21 bits per heavy atom. The highest BCUT2D eigenvalue weighted by atomic mass is 16.5. The highest BCUT2D eigenvalue weighted by Gasteiger charge is 2.29. The summed E-state index contributed by atoms with van der Waals surface area (Å²) >= 11 is 0. The molecule has 0 fully saturated rings. The van der Waals surface area contributed by atoms with Gasteiger partial charge in [-0.25, -0.2) is 9.67 Å². The lowest BCUT2D eigenvalue weighted by Crippen LogP contribution is -2.33. The summed E-state index contributed by atoms with van der Waals surface area (Å²) in [6, 6.07) is 7.93. The lowest BCUT2D eigenvalue weighted by molar-refractivity contribution is -0.117. The van der Waals surface area contributed by atoms with Gasteiger partial charge in [0.2, 0.25) is 5.91 Å². The number of rotatable bonds is 6. The number of primary amides is 1. The predicted octanol–water partition coefficient (Wildman–Crippen LogP) is 1.68. The third-order valence-electron chi connectivity index (χ3n) is 4.07. The number of nitrogens with zero attached hydrogens (tertiary/aromatic N) is 4. The third-order valence-corrected chi connectivity index (χ3v) is 4.07. The molecule has 1 aliphatic heterocycles. The monoisotopic (exact) mass is 329 g/mol. The lowest BCUT2D eigenvalue weighted by atomic mass is 10.2. The van der Waals surface area contributed by atoms with Gasteiger partial charge in [-0.1, -0.05) is 25.5 Å². The number of likely N-dealkylation sites (N-methyl/N-ethyl adjacent to an activating group) is 1. The average molecular weight is 329 g/mol. The quantitative estimate of drug-likeness (QED) is 0.871. The molecule has 1 aliphatic rings. The Morgan fingerprint density at radius 1 is 1.42 bits per heavy atom. The zero-order valence-corrected chi connectivity index (χ0v) is 14.1. The second-order valence-corrected chi connectivity index (χ2v) is 6.06. The zero-order chi connectivity index (χ0) is 17.1. The van der Waals surface area contributed by atoms with E-state index >= 15 is 0 Å². The highest BCUT2D eigenvalue weighted by molar-refractivity contribution is 5.75. The Hall–Kier alpha value is -2.57. The van der Waals surface area contributed by atoms with Gasteiger partial charge in [0.25, 0.3) is 0 Å². The summed E-state index contributed by atoms with van der Waals surface area (Å²) in [5, 5.41) is 4.45. The maximum atomic E-state index is 11.2. The van der Waals surface area contributed by atoms with Crippen molar-refractivity contribution >= 4 is 11.6 Å². The largest absolute Gasteiger partial charge is 0.478 e. The molecule has 7 heteroatoms. The van der Waals surface area contributed by atoms with Crippen molar-refractivity contribution in [2.75, 3.05) is 18.5 Å². The van der Waals surface area contributed by atoms with Gasteiger partial charge in [0.15, 0.2) is 17.8 Å². The summed E-state index contributed by atoms with van der Waals surface area (Å²) in [5.41, 5.74) is 6.34. The summed E-state index contributed by atoms with van der Waals surface area (Å²) < 4.78 is 8.00. The van der Waals surface area contributed by atoms with Crippen LogP contribution in [0.1, 0.15) is 37.5 Å². The number of nitrogens with two attached hydrogens (primary N) is 1. The minimum Gasteiger partial charge on any atom is -0.478 e. The van der Waals surface area contributed by atoms with Gasteiger partial charge < -0.3 is 15.4 Å². The van der Waals surface area contributed by atoms with Crippen molar-refractivity contribution < 1.29 is 9.53 Å². The summed E-state index contributed by atoms with van der Waals surface area (Å²) in [6.45, 7) is 3.56. The van der Waals surface area contributed by atoms with Crippen molar-refractivity contribution in [2.45, 2.75) is 38.8 Å². The number of aromatic nitrogens is 3. The number of ether oxygens (including phenoxy) is 1. The van der Waals surface area contributed by atoms with Gasteiger partial charge in [-0.3, -0.25) is 4.79 Å². The molecule has 24 heavy (non-hydrogen) atoms.